The number of halogens is 2. The minimum Gasteiger partial charge on any atom is -0.494 e. The quantitative estimate of drug-likeness (QED) is 0.181. The summed E-state index contributed by atoms with van der Waals surface area (Å²) in [6.07, 6.45) is 0. The van der Waals surface area contributed by atoms with E-state index in [1.807, 2.05) is 35.2 Å². The van der Waals surface area contributed by atoms with Gasteiger partial charge in [0.25, 0.3) is 6.55 Å². The number of nitrogens with zero attached hydrogens (tertiary/aromatic N) is 4. The number of aromatic nitrogens is 1. The molecule has 42 heavy (non-hydrogen) atoms. The van der Waals surface area contributed by atoms with Crippen molar-refractivity contribution in [2.45, 2.75) is 6.55 Å². The number of carbonyl (C=O) groups excluding carboxylic acids is 2. The van der Waals surface area contributed by atoms with E-state index in [2.05, 4.69) is 4.98 Å². The number of aromatic amines is 1. The Balaban J connectivity index is 1.40. The molecule has 0 radical (unpaired) electrons. The van der Waals surface area contributed by atoms with Crippen LogP contribution in [0.1, 0.15) is 21.5 Å². The molecule has 0 bridgehead atoms. The topological polar surface area (TPSA) is 101 Å². The van der Waals surface area contributed by atoms with Gasteiger partial charge in [0, 0.05) is 55.4 Å². The van der Waals surface area contributed by atoms with Gasteiger partial charge in [-0.25, -0.2) is 14.7 Å². The molecule has 0 spiro atoms. The van der Waals surface area contributed by atoms with Crippen LogP contribution >= 0.6 is 0 Å². The number of aliphatic imine (C=N–C) groups is 1. The molecular formula is C31H31F2N5O4. The van der Waals surface area contributed by atoms with Crippen LogP contribution in [0.25, 0.3) is 10.9 Å². The largest absolute Gasteiger partial charge is 0.494 e. The van der Waals surface area contributed by atoms with Crippen molar-refractivity contribution in [2.75, 3.05) is 51.8 Å². The van der Waals surface area contributed by atoms with E-state index in [0.717, 1.165) is 10.5 Å². The Labute approximate surface area is 241 Å². The van der Waals surface area contributed by atoms with Gasteiger partial charge in [-0.2, -0.15) is 8.78 Å². The molecule has 4 aromatic rings. The summed E-state index contributed by atoms with van der Waals surface area (Å²) >= 11 is 0. The van der Waals surface area contributed by atoms with Gasteiger partial charge in [0.2, 0.25) is 5.91 Å². The summed E-state index contributed by atoms with van der Waals surface area (Å²) in [7, 11) is 2.99. The standard InChI is InChI=1S/C31H31F2N5O4/c1-36(26(39)19-37-14-16-38(17-15-37)31(32)33)23-11-9-22(10-12-23)34-28(20-6-4-3-5-7-20)27-24-13-8-21(30(41)42-2)18-25(24)35-29(27)40/h3-13,18,31,35,40H,14-17,19H2,1-2H3. The number of aromatic hydroxyl groups is 1. The normalized spacial score (nSPS) is 14.8. The number of rotatable bonds is 8. The first-order valence-electron chi connectivity index (χ1n) is 13.4. The monoisotopic (exact) mass is 575 g/mol. The number of methoxy groups -OCH3 is 1. The van der Waals surface area contributed by atoms with Crippen LogP contribution in [-0.4, -0.2) is 90.9 Å². The summed E-state index contributed by atoms with van der Waals surface area (Å²) in [6.45, 7) is -1.07. The molecule has 0 saturated carbocycles. The lowest BCUT2D eigenvalue weighted by molar-refractivity contribution is -0.120. The Kier molecular flexibility index (Phi) is 8.60. The Hall–Kier alpha value is -4.61. The van der Waals surface area contributed by atoms with Gasteiger partial charge in [0.15, 0.2) is 5.88 Å². The Morgan fingerprint density at radius 1 is 1.00 bits per heavy atom. The highest BCUT2D eigenvalue weighted by molar-refractivity contribution is 6.22. The summed E-state index contributed by atoms with van der Waals surface area (Å²) in [5, 5.41) is 11.6. The van der Waals surface area contributed by atoms with Crippen LogP contribution < -0.4 is 4.90 Å². The van der Waals surface area contributed by atoms with Crippen LogP contribution in [0.4, 0.5) is 20.2 Å². The zero-order valence-corrected chi connectivity index (χ0v) is 23.3. The number of anilines is 1. The molecular weight excluding hydrogens is 544 g/mol. The molecule has 3 aromatic carbocycles. The molecule has 11 heteroatoms. The predicted molar refractivity (Wildman–Crippen MR) is 157 cm³/mol. The van der Waals surface area contributed by atoms with E-state index in [1.54, 1.807) is 49.5 Å². The number of ether oxygens (including phenoxy) is 1. The van der Waals surface area contributed by atoms with E-state index in [4.69, 9.17) is 9.73 Å². The minimum absolute atomic E-state index is 0.0917. The second-order valence-corrected chi connectivity index (χ2v) is 9.99. The maximum absolute atomic E-state index is 12.9. The van der Waals surface area contributed by atoms with Crippen molar-refractivity contribution < 1.29 is 28.2 Å². The van der Waals surface area contributed by atoms with Crippen LogP contribution in [0.2, 0.25) is 0 Å². The third-order valence-electron chi connectivity index (χ3n) is 7.38. The summed E-state index contributed by atoms with van der Waals surface area (Å²) < 4.78 is 30.6. The molecule has 1 aliphatic rings. The number of H-pyrrole nitrogens is 1. The average Bonchev–Trinajstić information content (AvgIpc) is 3.34. The van der Waals surface area contributed by atoms with Crippen molar-refractivity contribution in [3.05, 3.63) is 89.5 Å². The number of nitrogens with one attached hydrogen (secondary N) is 1. The molecule has 0 unspecified atom stereocenters. The maximum Gasteiger partial charge on any atom is 0.337 e. The van der Waals surface area contributed by atoms with Crippen molar-refractivity contribution in [3.63, 3.8) is 0 Å². The van der Waals surface area contributed by atoms with E-state index >= 15 is 0 Å². The Morgan fingerprint density at radius 2 is 1.69 bits per heavy atom. The lowest BCUT2D eigenvalue weighted by Crippen LogP contribution is -2.50. The van der Waals surface area contributed by atoms with Crippen LogP contribution in [0, 0.1) is 0 Å². The molecule has 0 atom stereocenters. The number of carbonyl (C=O) groups is 2. The molecule has 1 aliphatic heterocycles. The maximum atomic E-state index is 12.9. The van der Waals surface area contributed by atoms with Gasteiger partial charge < -0.3 is 19.7 Å². The lowest BCUT2D eigenvalue weighted by atomic mass is 10.00. The van der Waals surface area contributed by atoms with Crippen LogP contribution in [0.15, 0.2) is 77.8 Å². The van der Waals surface area contributed by atoms with E-state index in [0.29, 0.717) is 52.2 Å². The van der Waals surface area contributed by atoms with Crippen LogP contribution in [-0.2, 0) is 9.53 Å². The van der Waals surface area contributed by atoms with Gasteiger partial charge in [-0.15, -0.1) is 0 Å². The first kappa shape index (κ1) is 28.9. The molecule has 9 nitrogen and oxygen atoms in total. The minimum atomic E-state index is -2.48. The number of esters is 1. The first-order valence-corrected chi connectivity index (χ1v) is 13.4. The Morgan fingerprint density at radius 3 is 2.33 bits per heavy atom. The van der Waals surface area contributed by atoms with E-state index < -0.39 is 12.5 Å². The first-order chi connectivity index (χ1) is 20.2. The predicted octanol–water partition coefficient (Wildman–Crippen LogP) is 4.63. The van der Waals surface area contributed by atoms with Gasteiger partial charge in [-0.1, -0.05) is 36.4 Å². The third kappa shape index (κ3) is 6.17. The molecule has 1 saturated heterocycles. The Bertz CT molecular complexity index is 1600. The number of likely N-dealkylation sites (N-methyl/N-ethyl adjacent to an activating group) is 1. The fraction of sp³-hybridized carbons (Fsp3) is 0.258. The van der Waals surface area contributed by atoms with Gasteiger partial charge in [0.1, 0.15) is 0 Å². The lowest BCUT2D eigenvalue weighted by Gasteiger charge is -2.34. The highest BCUT2D eigenvalue weighted by atomic mass is 19.3. The molecule has 1 aromatic heterocycles. The fourth-order valence-electron chi connectivity index (χ4n) is 4.97. The number of hydrogen-bond donors (Lipinski definition) is 2. The third-order valence-corrected chi connectivity index (χ3v) is 7.38. The highest BCUT2D eigenvalue weighted by Crippen LogP contribution is 2.32. The van der Waals surface area contributed by atoms with E-state index in [1.165, 1.54) is 12.0 Å². The molecule has 0 aliphatic carbocycles. The SMILES string of the molecule is COC(=O)c1ccc2c(C(=Nc3ccc(N(C)C(=O)CN4CCN(C(F)F)CC4)cc3)c3ccccc3)c(O)[nH]c2c1. The van der Waals surface area contributed by atoms with Gasteiger partial charge >= 0.3 is 5.97 Å². The molecule has 2 N–H and O–H groups in total. The highest BCUT2D eigenvalue weighted by Gasteiger charge is 2.25. The number of alkyl halides is 2. The number of piperazine rings is 1. The van der Waals surface area contributed by atoms with Crippen molar-refractivity contribution in [1.82, 2.24) is 14.8 Å². The molecule has 218 valence electrons. The summed E-state index contributed by atoms with van der Waals surface area (Å²) in [5.74, 6) is -0.718. The second-order valence-electron chi connectivity index (χ2n) is 9.99. The summed E-state index contributed by atoms with van der Waals surface area (Å²) in [5.41, 5.74) is 3.94. The number of fused-ring (bicyclic) bond motifs is 1. The molecule has 1 fully saturated rings. The fourth-order valence-corrected chi connectivity index (χ4v) is 4.97. The summed E-state index contributed by atoms with van der Waals surface area (Å²) in [4.78, 5) is 37.3. The van der Waals surface area contributed by atoms with Gasteiger partial charge in [0.05, 0.1) is 36.2 Å². The smallest absolute Gasteiger partial charge is 0.337 e. The van der Waals surface area contributed by atoms with Gasteiger partial charge in [-0.3, -0.25) is 9.69 Å². The van der Waals surface area contributed by atoms with E-state index in [-0.39, 0.29) is 31.4 Å². The van der Waals surface area contributed by atoms with Crippen molar-refractivity contribution >= 4 is 39.9 Å². The number of amides is 1. The zero-order chi connectivity index (χ0) is 29.8. The number of hydrogen-bond acceptors (Lipinski definition) is 7. The van der Waals surface area contributed by atoms with Crippen molar-refractivity contribution in [2.24, 2.45) is 4.99 Å². The zero-order valence-electron chi connectivity index (χ0n) is 23.3. The molecule has 2 heterocycles. The van der Waals surface area contributed by atoms with Crippen molar-refractivity contribution in [1.29, 1.82) is 0 Å². The summed E-state index contributed by atoms with van der Waals surface area (Å²) in [6, 6.07) is 21.5. The van der Waals surface area contributed by atoms with E-state index in [9.17, 15) is 23.5 Å². The molecule has 1 amide bonds. The van der Waals surface area contributed by atoms with Crippen molar-refractivity contribution in [3.8, 4) is 5.88 Å². The van der Waals surface area contributed by atoms with Crippen LogP contribution in [0.5, 0.6) is 5.88 Å². The second kappa shape index (κ2) is 12.5. The number of benzene rings is 3. The van der Waals surface area contributed by atoms with Gasteiger partial charge in [-0.05, 0) is 36.4 Å². The molecule has 5 rings (SSSR count). The van der Waals surface area contributed by atoms with Crippen LogP contribution in [0.3, 0.4) is 0 Å². The average molecular weight is 576 g/mol.